The summed E-state index contributed by atoms with van der Waals surface area (Å²) in [6, 6.07) is 11.5. The molecule has 0 saturated heterocycles. The molecular weight excluding hydrogens is 264 g/mol. The zero-order valence-electron chi connectivity index (χ0n) is 10.2. The van der Waals surface area contributed by atoms with Gasteiger partial charge in [-0.25, -0.2) is 4.79 Å². The summed E-state index contributed by atoms with van der Waals surface area (Å²) in [4.78, 5) is 22.5. The Hall–Kier alpha value is -2.13. The smallest absolute Gasteiger partial charge is 0.343 e. The van der Waals surface area contributed by atoms with Crippen LogP contribution in [0, 0.1) is 6.92 Å². The predicted molar refractivity (Wildman–Crippen MR) is 73.0 cm³/mol. The van der Waals surface area contributed by atoms with E-state index in [2.05, 4.69) is 0 Å². The molecule has 0 N–H and O–H groups in total. The van der Waals surface area contributed by atoms with Gasteiger partial charge in [-0.2, -0.15) is 0 Å². The summed E-state index contributed by atoms with van der Waals surface area (Å²) in [5.41, 5.74) is 1.94. The molecule has 3 nitrogen and oxygen atoms in total. The van der Waals surface area contributed by atoms with Crippen LogP contribution in [0.15, 0.2) is 42.5 Å². The number of ether oxygens (including phenoxy) is 1. The van der Waals surface area contributed by atoms with Crippen molar-refractivity contribution in [3.63, 3.8) is 0 Å². The van der Waals surface area contributed by atoms with Gasteiger partial charge < -0.3 is 4.74 Å². The fraction of sp³-hybridized carbons (Fsp3) is 0.0667. The van der Waals surface area contributed by atoms with Gasteiger partial charge in [-0.05, 0) is 37.3 Å². The van der Waals surface area contributed by atoms with Crippen LogP contribution in [-0.2, 0) is 0 Å². The predicted octanol–water partition coefficient (Wildman–Crippen LogP) is 3.68. The molecule has 2 aromatic carbocycles. The zero-order valence-corrected chi connectivity index (χ0v) is 11.0. The number of aryl methyl sites for hydroxylation is 1. The number of carbonyl (C=O) groups excluding carboxylic acids is 2. The molecule has 19 heavy (non-hydrogen) atoms. The lowest BCUT2D eigenvalue weighted by Gasteiger charge is -2.06. The number of rotatable bonds is 3. The van der Waals surface area contributed by atoms with Crippen LogP contribution in [0.25, 0.3) is 0 Å². The average molecular weight is 275 g/mol. The second-order valence-electron chi connectivity index (χ2n) is 4.06. The topological polar surface area (TPSA) is 43.4 Å². The van der Waals surface area contributed by atoms with Crippen molar-refractivity contribution < 1.29 is 14.3 Å². The highest BCUT2D eigenvalue weighted by Gasteiger charge is 2.11. The van der Waals surface area contributed by atoms with Gasteiger partial charge in [0.2, 0.25) is 0 Å². The number of carbonyl (C=O) groups is 2. The van der Waals surface area contributed by atoms with Crippen LogP contribution < -0.4 is 4.74 Å². The quantitative estimate of drug-likeness (QED) is 0.487. The molecule has 0 atom stereocenters. The molecule has 0 aromatic heterocycles. The van der Waals surface area contributed by atoms with Crippen LogP contribution in [0.1, 0.15) is 26.3 Å². The third kappa shape index (κ3) is 3.20. The maximum absolute atomic E-state index is 11.9. The lowest BCUT2D eigenvalue weighted by molar-refractivity contribution is 0.0735. The van der Waals surface area contributed by atoms with E-state index in [-0.39, 0.29) is 10.8 Å². The van der Waals surface area contributed by atoms with E-state index in [4.69, 9.17) is 16.3 Å². The van der Waals surface area contributed by atoms with Crippen LogP contribution in [-0.4, -0.2) is 12.3 Å². The molecule has 0 unspecified atom stereocenters. The zero-order chi connectivity index (χ0) is 13.8. The Balaban J connectivity index is 2.19. The Bertz CT molecular complexity index is 618. The van der Waals surface area contributed by atoms with E-state index < -0.39 is 5.97 Å². The third-order valence-electron chi connectivity index (χ3n) is 2.58. The molecule has 0 amide bonds. The molecular formula is C15H11ClO3. The van der Waals surface area contributed by atoms with Gasteiger partial charge in [0.05, 0.1) is 10.6 Å². The van der Waals surface area contributed by atoms with Crippen LogP contribution in [0.2, 0.25) is 5.02 Å². The number of aldehydes is 1. The van der Waals surface area contributed by atoms with E-state index in [1.165, 1.54) is 18.2 Å². The Morgan fingerprint density at radius 1 is 1.16 bits per heavy atom. The average Bonchev–Trinajstić information content (AvgIpc) is 2.41. The van der Waals surface area contributed by atoms with Crippen LogP contribution in [0.3, 0.4) is 0 Å². The molecule has 0 spiro atoms. The van der Waals surface area contributed by atoms with Gasteiger partial charge in [0.25, 0.3) is 0 Å². The van der Waals surface area contributed by atoms with Crippen molar-refractivity contribution in [2.45, 2.75) is 6.92 Å². The van der Waals surface area contributed by atoms with Gasteiger partial charge in [0.1, 0.15) is 12.0 Å². The van der Waals surface area contributed by atoms with Crippen LogP contribution in [0.5, 0.6) is 5.75 Å². The fourth-order valence-electron chi connectivity index (χ4n) is 1.52. The maximum atomic E-state index is 11.9. The minimum absolute atomic E-state index is 0.227. The number of halogens is 1. The van der Waals surface area contributed by atoms with Crippen molar-refractivity contribution in [1.82, 2.24) is 0 Å². The molecule has 0 radical (unpaired) electrons. The summed E-state index contributed by atoms with van der Waals surface area (Å²) in [5, 5.41) is 0.227. The first kappa shape index (κ1) is 13.3. The fourth-order valence-corrected chi connectivity index (χ4v) is 1.75. The van der Waals surface area contributed by atoms with E-state index >= 15 is 0 Å². The molecule has 0 aliphatic carbocycles. The Morgan fingerprint density at radius 2 is 1.84 bits per heavy atom. The largest absolute Gasteiger partial charge is 0.421 e. The first-order chi connectivity index (χ1) is 9.10. The van der Waals surface area contributed by atoms with E-state index in [0.29, 0.717) is 17.4 Å². The summed E-state index contributed by atoms with van der Waals surface area (Å²) >= 11 is 5.93. The first-order valence-corrected chi connectivity index (χ1v) is 6.01. The number of hydrogen-bond acceptors (Lipinski definition) is 3. The minimum atomic E-state index is -0.485. The van der Waals surface area contributed by atoms with Crippen molar-refractivity contribution in [1.29, 1.82) is 0 Å². The molecule has 0 bridgehead atoms. The second-order valence-corrected chi connectivity index (χ2v) is 4.47. The lowest BCUT2D eigenvalue weighted by atomic mass is 10.1. The number of hydrogen-bond donors (Lipinski definition) is 0. The van der Waals surface area contributed by atoms with E-state index in [9.17, 15) is 9.59 Å². The van der Waals surface area contributed by atoms with Crippen molar-refractivity contribution in [2.24, 2.45) is 0 Å². The summed E-state index contributed by atoms with van der Waals surface area (Å²) in [7, 11) is 0. The normalized spacial score (nSPS) is 10.0. The Labute approximate surface area is 115 Å². The summed E-state index contributed by atoms with van der Waals surface area (Å²) in [6.07, 6.45) is 0.678. The van der Waals surface area contributed by atoms with Crippen molar-refractivity contribution >= 4 is 23.9 Å². The van der Waals surface area contributed by atoms with Crippen LogP contribution in [0.4, 0.5) is 0 Å². The molecule has 2 rings (SSSR count). The highest BCUT2D eigenvalue weighted by molar-refractivity contribution is 6.32. The Kier molecular flexibility index (Phi) is 3.97. The number of benzene rings is 2. The highest BCUT2D eigenvalue weighted by Crippen LogP contribution is 2.25. The van der Waals surface area contributed by atoms with Gasteiger partial charge >= 0.3 is 5.97 Å². The first-order valence-electron chi connectivity index (χ1n) is 5.64. The van der Waals surface area contributed by atoms with Gasteiger partial charge in [0, 0.05) is 5.56 Å². The van der Waals surface area contributed by atoms with Crippen LogP contribution >= 0.6 is 11.6 Å². The van der Waals surface area contributed by atoms with Crippen molar-refractivity contribution in [2.75, 3.05) is 0 Å². The maximum Gasteiger partial charge on any atom is 0.343 e. The molecule has 0 saturated carbocycles. The molecule has 0 aliphatic heterocycles. The third-order valence-corrected chi connectivity index (χ3v) is 2.88. The van der Waals surface area contributed by atoms with E-state index in [1.807, 2.05) is 19.1 Å². The van der Waals surface area contributed by atoms with Gasteiger partial charge in [-0.15, -0.1) is 0 Å². The van der Waals surface area contributed by atoms with Crippen molar-refractivity contribution in [3.05, 3.63) is 64.2 Å². The second kappa shape index (κ2) is 5.67. The molecule has 4 heteroatoms. The summed E-state index contributed by atoms with van der Waals surface area (Å²) in [5.74, 6) is -0.251. The SMILES string of the molecule is Cc1ccc(C(=O)Oc2ccc(C=O)cc2Cl)cc1. The lowest BCUT2D eigenvalue weighted by Crippen LogP contribution is -2.08. The van der Waals surface area contributed by atoms with E-state index in [0.717, 1.165) is 5.56 Å². The summed E-state index contributed by atoms with van der Waals surface area (Å²) in [6.45, 7) is 1.93. The van der Waals surface area contributed by atoms with Gasteiger partial charge in [-0.3, -0.25) is 4.79 Å². The highest BCUT2D eigenvalue weighted by atomic mass is 35.5. The van der Waals surface area contributed by atoms with Gasteiger partial charge in [0.15, 0.2) is 0 Å². The molecule has 2 aromatic rings. The Morgan fingerprint density at radius 3 is 2.42 bits per heavy atom. The molecule has 0 fully saturated rings. The molecule has 0 aliphatic rings. The van der Waals surface area contributed by atoms with E-state index in [1.54, 1.807) is 12.1 Å². The summed E-state index contributed by atoms with van der Waals surface area (Å²) < 4.78 is 5.18. The number of esters is 1. The standard InChI is InChI=1S/C15H11ClO3/c1-10-2-5-12(6-3-10)15(18)19-14-7-4-11(9-17)8-13(14)16/h2-9H,1H3. The minimum Gasteiger partial charge on any atom is -0.421 e. The molecule has 96 valence electrons. The molecule has 0 heterocycles. The van der Waals surface area contributed by atoms with Gasteiger partial charge in [-0.1, -0.05) is 29.3 Å². The van der Waals surface area contributed by atoms with Crippen molar-refractivity contribution in [3.8, 4) is 5.75 Å². The monoisotopic (exact) mass is 274 g/mol.